The van der Waals surface area contributed by atoms with Crippen molar-refractivity contribution in [3.05, 3.63) is 0 Å². The standard InChI is InChI=1S/C10H17N5O2/c1-15(2)9-12-8(11)13-10(14-9)17-6-7-4-3-5-16-7/h7H,3-6H2,1-2H3,(H2,11,12,13,14). The Labute approximate surface area is 100.0 Å². The number of ether oxygens (including phenoxy) is 2. The third-order valence-electron chi connectivity index (χ3n) is 2.44. The van der Waals surface area contributed by atoms with E-state index in [1.807, 2.05) is 14.1 Å². The number of nitrogen functional groups attached to an aromatic ring is 1. The Kier molecular flexibility index (Phi) is 3.58. The maximum absolute atomic E-state index is 5.58. The van der Waals surface area contributed by atoms with Gasteiger partial charge in [-0.3, -0.25) is 0 Å². The highest BCUT2D eigenvalue weighted by Crippen LogP contribution is 2.15. The predicted octanol–water partition coefficient (Wildman–Crippen LogP) is 0.0776. The van der Waals surface area contributed by atoms with Gasteiger partial charge in [0.2, 0.25) is 11.9 Å². The van der Waals surface area contributed by atoms with E-state index in [1.165, 1.54) is 0 Å². The van der Waals surface area contributed by atoms with Crippen LogP contribution in [0.2, 0.25) is 0 Å². The first-order valence-electron chi connectivity index (χ1n) is 5.58. The quantitative estimate of drug-likeness (QED) is 0.796. The van der Waals surface area contributed by atoms with Gasteiger partial charge in [-0.05, 0) is 12.8 Å². The highest BCUT2D eigenvalue weighted by atomic mass is 16.5. The van der Waals surface area contributed by atoms with E-state index in [0.29, 0.717) is 12.6 Å². The van der Waals surface area contributed by atoms with Crippen LogP contribution in [0, 0.1) is 0 Å². The summed E-state index contributed by atoms with van der Waals surface area (Å²) in [6, 6.07) is 0.247. The van der Waals surface area contributed by atoms with E-state index in [-0.39, 0.29) is 18.1 Å². The van der Waals surface area contributed by atoms with Gasteiger partial charge in [-0.25, -0.2) is 0 Å². The molecule has 0 bridgehead atoms. The van der Waals surface area contributed by atoms with Crippen LogP contribution in [0.25, 0.3) is 0 Å². The fourth-order valence-corrected chi connectivity index (χ4v) is 1.57. The van der Waals surface area contributed by atoms with Crippen molar-refractivity contribution in [2.45, 2.75) is 18.9 Å². The van der Waals surface area contributed by atoms with Gasteiger partial charge in [0.25, 0.3) is 0 Å². The van der Waals surface area contributed by atoms with E-state index in [2.05, 4.69) is 15.0 Å². The first-order valence-corrected chi connectivity index (χ1v) is 5.58. The molecule has 0 radical (unpaired) electrons. The Balaban J connectivity index is 1.99. The Bertz CT molecular complexity index is 379. The zero-order valence-corrected chi connectivity index (χ0v) is 10.1. The normalized spacial score (nSPS) is 19.3. The number of hydrogen-bond donors (Lipinski definition) is 1. The van der Waals surface area contributed by atoms with Crippen LogP contribution < -0.4 is 15.4 Å². The molecule has 2 heterocycles. The van der Waals surface area contributed by atoms with Crippen molar-refractivity contribution in [1.29, 1.82) is 0 Å². The molecule has 1 saturated heterocycles. The summed E-state index contributed by atoms with van der Waals surface area (Å²) in [4.78, 5) is 13.8. The molecular formula is C10H17N5O2. The van der Waals surface area contributed by atoms with E-state index in [1.54, 1.807) is 4.90 Å². The molecule has 1 fully saturated rings. The lowest BCUT2D eigenvalue weighted by atomic mass is 10.2. The van der Waals surface area contributed by atoms with Gasteiger partial charge in [-0.1, -0.05) is 0 Å². The Hall–Kier alpha value is -1.63. The highest BCUT2D eigenvalue weighted by Gasteiger charge is 2.17. The number of hydrogen-bond acceptors (Lipinski definition) is 7. The average molecular weight is 239 g/mol. The first kappa shape index (κ1) is 11.8. The predicted molar refractivity (Wildman–Crippen MR) is 63.0 cm³/mol. The van der Waals surface area contributed by atoms with Gasteiger partial charge in [-0.15, -0.1) is 0 Å². The molecule has 1 unspecified atom stereocenters. The molecule has 17 heavy (non-hydrogen) atoms. The van der Waals surface area contributed by atoms with Crippen molar-refractivity contribution in [2.75, 3.05) is 37.9 Å². The van der Waals surface area contributed by atoms with Crippen LogP contribution in [0.4, 0.5) is 11.9 Å². The van der Waals surface area contributed by atoms with E-state index in [9.17, 15) is 0 Å². The van der Waals surface area contributed by atoms with Crippen LogP contribution >= 0.6 is 0 Å². The molecule has 0 aliphatic carbocycles. The summed E-state index contributed by atoms with van der Waals surface area (Å²) in [5, 5.41) is 0. The van der Waals surface area contributed by atoms with Crippen LogP contribution in [0.1, 0.15) is 12.8 Å². The van der Waals surface area contributed by atoms with E-state index < -0.39 is 0 Å². The van der Waals surface area contributed by atoms with Crippen molar-refractivity contribution < 1.29 is 9.47 Å². The Morgan fingerprint density at radius 2 is 2.24 bits per heavy atom. The monoisotopic (exact) mass is 239 g/mol. The summed E-state index contributed by atoms with van der Waals surface area (Å²) in [6.45, 7) is 1.26. The van der Waals surface area contributed by atoms with Crippen LogP contribution in [0.3, 0.4) is 0 Å². The molecule has 94 valence electrons. The van der Waals surface area contributed by atoms with Crippen LogP contribution in [-0.2, 0) is 4.74 Å². The summed E-state index contributed by atoms with van der Waals surface area (Å²) in [5.74, 6) is 0.644. The third-order valence-corrected chi connectivity index (χ3v) is 2.44. The van der Waals surface area contributed by atoms with E-state index in [4.69, 9.17) is 15.2 Å². The number of aromatic nitrogens is 3. The topological polar surface area (TPSA) is 86.4 Å². The molecule has 1 aromatic heterocycles. The van der Waals surface area contributed by atoms with Gasteiger partial charge < -0.3 is 20.1 Å². The molecule has 1 aliphatic heterocycles. The third kappa shape index (κ3) is 3.16. The minimum Gasteiger partial charge on any atom is -0.461 e. The fraction of sp³-hybridized carbons (Fsp3) is 0.700. The number of rotatable bonds is 4. The van der Waals surface area contributed by atoms with Crippen molar-refractivity contribution in [2.24, 2.45) is 0 Å². The van der Waals surface area contributed by atoms with Crippen LogP contribution in [0.5, 0.6) is 6.01 Å². The van der Waals surface area contributed by atoms with Gasteiger partial charge in [0, 0.05) is 20.7 Å². The summed E-state index contributed by atoms with van der Waals surface area (Å²) in [6.07, 6.45) is 2.23. The molecule has 1 aliphatic rings. The minimum absolute atomic E-state index is 0.135. The molecule has 0 saturated carbocycles. The number of nitrogens with two attached hydrogens (primary N) is 1. The maximum atomic E-state index is 5.58. The highest BCUT2D eigenvalue weighted by molar-refractivity contribution is 5.33. The second kappa shape index (κ2) is 5.13. The summed E-state index contributed by atoms with van der Waals surface area (Å²) in [7, 11) is 3.66. The molecule has 2 N–H and O–H groups in total. The summed E-state index contributed by atoms with van der Waals surface area (Å²) < 4.78 is 10.9. The minimum atomic E-state index is 0.135. The fourth-order valence-electron chi connectivity index (χ4n) is 1.57. The molecule has 2 rings (SSSR count). The number of anilines is 2. The van der Waals surface area contributed by atoms with E-state index in [0.717, 1.165) is 19.4 Å². The second-order valence-electron chi connectivity index (χ2n) is 4.12. The zero-order chi connectivity index (χ0) is 12.3. The van der Waals surface area contributed by atoms with Gasteiger partial charge >= 0.3 is 6.01 Å². The zero-order valence-electron chi connectivity index (χ0n) is 10.1. The smallest absolute Gasteiger partial charge is 0.323 e. The summed E-state index contributed by atoms with van der Waals surface area (Å²) >= 11 is 0. The van der Waals surface area contributed by atoms with Gasteiger partial charge in [-0.2, -0.15) is 15.0 Å². The van der Waals surface area contributed by atoms with Crippen molar-refractivity contribution in [1.82, 2.24) is 15.0 Å². The number of nitrogens with zero attached hydrogens (tertiary/aromatic N) is 4. The Morgan fingerprint density at radius 1 is 1.41 bits per heavy atom. The lowest BCUT2D eigenvalue weighted by Crippen LogP contribution is -2.19. The van der Waals surface area contributed by atoms with Crippen LogP contribution in [-0.4, -0.2) is 48.4 Å². The molecule has 0 spiro atoms. The molecule has 0 amide bonds. The molecule has 7 nitrogen and oxygen atoms in total. The molecule has 1 aromatic rings. The van der Waals surface area contributed by atoms with Gasteiger partial charge in [0.15, 0.2) is 0 Å². The lowest BCUT2D eigenvalue weighted by Gasteiger charge is -2.13. The second-order valence-corrected chi connectivity index (χ2v) is 4.12. The van der Waals surface area contributed by atoms with E-state index >= 15 is 0 Å². The van der Waals surface area contributed by atoms with Crippen molar-refractivity contribution in [3.63, 3.8) is 0 Å². The van der Waals surface area contributed by atoms with Crippen LogP contribution in [0.15, 0.2) is 0 Å². The van der Waals surface area contributed by atoms with Gasteiger partial charge in [0.05, 0.1) is 6.10 Å². The molecule has 1 atom stereocenters. The maximum Gasteiger partial charge on any atom is 0.323 e. The van der Waals surface area contributed by atoms with Gasteiger partial charge in [0.1, 0.15) is 6.61 Å². The average Bonchev–Trinajstić information content (AvgIpc) is 2.78. The molecular weight excluding hydrogens is 222 g/mol. The lowest BCUT2D eigenvalue weighted by molar-refractivity contribution is 0.0645. The summed E-state index contributed by atoms with van der Waals surface area (Å²) in [5.41, 5.74) is 5.58. The first-order chi connectivity index (χ1) is 8.15. The SMILES string of the molecule is CN(C)c1nc(N)nc(OCC2CCCO2)n1. The Morgan fingerprint density at radius 3 is 2.88 bits per heavy atom. The van der Waals surface area contributed by atoms with Crippen molar-refractivity contribution >= 4 is 11.9 Å². The molecule has 7 heteroatoms. The largest absolute Gasteiger partial charge is 0.461 e. The van der Waals surface area contributed by atoms with Crippen molar-refractivity contribution in [3.8, 4) is 6.01 Å². The molecule has 0 aromatic carbocycles.